The lowest BCUT2D eigenvalue weighted by Crippen LogP contribution is -2.41. The van der Waals surface area contributed by atoms with Crippen molar-refractivity contribution < 1.29 is 14.4 Å². The molecular formula is C30H35N5O3. The third-order valence-corrected chi connectivity index (χ3v) is 6.79. The second-order valence-electron chi connectivity index (χ2n) is 9.60. The minimum absolute atomic E-state index is 0.00574. The van der Waals surface area contributed by atoms with Crippen LogP contribution in [0.4, 0.5) is 17.2 Å². The van der Waals surface area contributed by atoms with Gasteiger partial charge in [-0.3, -0.25) is 24.2 Å². The van der Waals surface area contributed by atoms with Crippen LogP contribution in [0, 0.1) is 0 Å². The lowest BCUT2D eigenvalue weighted by molar-refractivity contribution is -0.133. The van der Waals surface area contributed by atoms with E-state index in [1.807, 2.05) is 25.1 Å². The second kappa shape index (κ2) is 12.5. The number of likely N-dealkylation sites (N-methyl/N-ethyl adjacent to an activating group) is 1. The molecule has 3 amide bonds. The van der Waals surface area contributed by atoms with E-state index in [4.69, 9.17) is 0 Å². The van der Waals surface area contributed by atoms with Crippen molar-refractivity contribution in [2.75, 3.05) is 29.9 Å². The summed E-state index contributed by atoms with van der Waals surface area (Å²) < 4.78 is 0. The van der Waals surface area contributed by atoms with E-state index >= 15 is 0 Å². The molecule has 8 heteroatoms. The van der Waals surface area contributed by atoms with Crippen LogP contribution in [-0.4, -0.2) is 58.2 Å². The van der Waals surface area contributed by atoms with Gasteiger partial charge in [-0.1, -0.05) is 42.5 Å². The highest BCUT2D eigenvalue weighted by atomic mass is 16.2. The Morgan fingerprint density at radius 3 is 2.42 bits per heavy atom. The predicted molar refractivity (Wildman–Crippen MR) is 149 cm³/mol. The Labute approximate surface area is 224 Å². The van der Waals surface area contributed by atoms with Gasteiger partial charge in [0.1, 0.15) is 0 Å². The third kappa shape index (κ3) is 6.26. The monoisotopic (exact) mass is 513 g/mol. The zero-order chi connectivity index (χ0) is 27.1. The molecule has 0 saturated carbocycles. The summed E-state index contributed by atoms with van der Waals surface area (Å²) in [6.07, 6.45) is 1.67. The predicted octanol–water partition coefficient (Wildman–Crippen LogP) is 4.85. The fourth-order valence-electron chi connectivity index (χ4n) is 4.62. The molecule has 0 fully saturated rings. The van der Waals surface area contributed by atoms with Crippen LogP contribution in [0.15, 0.2) is 72.9 Å². The Bertz CT molecular complexity index is 1280. The van der Waals surface area contributed by atoms with Gasteiger partial charge in [0.25, 0.3) is 5.91 Å². The Hall–Kier alpha value is -4.04. The first kappa shape index (κ1) is 27.0. The molecule has 38 heavy (non-hydrogen) atoms. The Morgan fingerprint density at radius 1 is 0.947 bits per heavy atom. The molecule has 198 valence electrons. The zero-order valence-electron chi connectivity index (χ0n) is 22.3. The molecule has 0 saturated heterocycles. The lowest BCUT2D eigenvalue weighted by atomic mass is 10.1. The summed E-state index contributed by atoms with van der Waals surface area (Å²) in [7, 11) is 0. The SMILES string of the molecule is CCN(CCN(Cc1ccccc1)C(C)C)C(=O)CCC(=O)N1c2ccccc2C(=O)Nc2cccnc21. The Balaban J connectivity index is 1.43. The number of amides is 3. The van der Waals surface area contributed by atoms with E-state index in [0.29, 0.717) is 41.9 Å². The maximum absolute atomic E-state index is 13.5. The molecule has 2 heterocycles. The molecule has 1 aliphatic heterocycles. The molecule has 1 aromatic heterocycles. The molecule has 0 aliphatic carbocycles. The van der Waals surface area contributed by atoms with Gasteiger partial charge in [-0.05, 0) is 50.6 Å². The number of fused-ring (bicyclic) bond motifs is 2. The molecular weight excluding hydrogens is 478 g/mol. The first-order valence-electron chi connectivity index (χ1n) is 13.1. The quantitative estimate of drug-likeness (QED) is 0.419. The van der Waals surface area contributed by atoms with Crippen LogP contribution >= 0.6 is 0 Å². The van der Waals surface area contributed by atoms with Crippen LogP contribution in [0.2, 0.25) is 0 Å². The Kier molecular flexibility index (Phi) is 8.86. The molecule has 2 aromatic carbocycles. The van der Waals surface area contributed by atoms with Gasteiger partial charge in [0.15, 0.2) is 5.82 Å². The van der Waals surface area contributed by atoms with E-state index < -0.39 is 0 Å². The fraction of sp³-hybridized carbons (Fsp3) is 0.333. The van der Waals surface area contributed by atoms with Crippen LogP contribution in [0.1, 0.15) is 49.5 Å². The first-order valence-corrected chi connectivity index (χ1v) is 13.1. The number of anilines is 3. The summed E-state index contributed by atoms with van der Waals surface area (Å²) in [6, 6.07) is 21.0. The summed E-state index contributed by atoms with van der Waals surface area (Å²) >= 11 is 0. The first-order chi connectivity index (χ1) is 18.4. The molecule has 3 aromatic rings. The molecule has 4 rings (SSSR count). The average Bonchev–Trinajstić information content (AvgIpc) is 3.05. The summed E-state index contributed by atoms with van der Waals surface area (Å²) in [5, 5.41) is 2.83. The van der Waals surface area contributed by atoms with Crippen LogP contribution in [0.25, 0.3) is 0 Å². The number of carbonyl (C=O) groups is 3. The molecule has 0 atom stereocenters. The maximum atomic E-state index is 13.5. The van der Waals surface area contributed by atoms with E-state index in [-0.39, 0.29) is 30.6 Å². The highest BCUT2D eigenvalue weighted by Crippen LogP contribution is 2.36. The van der Waals surface area contributed by atoms with Gasteiger partial charge in [-0.2, -0.15) is 0 Å². The summed E-state index contributed by atoms with van der Waals surface area (Å²) in [5.74, 6) is -0.304. The van der Waals surface area contributed by atoms with Gasteiger partial charge < -0.3 is 10.2 Å². The van der Waals surface area contributed by atoms with Gasteiger partial charge in [0.05, 0.1) is 16.9 Å². The van der Waals surface area contributed by atoms with Gasteiger partial charge in [-0.15, -0.1) is 0 Å². The van der Waals surface area contributed by atoms with E-state index in [1.54, 1.807) is 47.5 Å². The fourth-order valence-corrected chi connectivity index (χ4v) is 4.62. The minimum Gasteiger partial charge on any atom is -0.342 e. The van der Waals surface area contributed by atoms with Crippen molar-refractivity contribution >= 4 is 34.9 Å². The normalized spacial score (nSPS) is 12.6. The van der Waals surface area contributed by atoms with Crippen LogP contribution in [0.5, 0.6) is 0 Å². The standard InChI is InChI=1S/C30H35N5O3/c1-4-33(19-20-34(22(2)3)21-23-11-6-5-7-12-23)27(36)16-17-28(37)35-26-15-9-8-13-24(26)30(38)32-25-14-10-18-31-29(25)35/h5-15,18,22H,4,16-17,19-21H2,1-3H3,(H,32,38). The highest BCUT2D eigenvalue weighted by molar-refractivity contribution is 6.17. The van der Waals surface area contributed by atoms with Crippen molar-refractivity contribution in [1.29, 1.82) is 0 Å². The topological polar surface area (TPSA) is 85.9 Å². The largest absolute Gasteiger partial charge is 0.342 e. The zero-order valence-corrected chi connectivity index (χ0v) is 22.3. The number of benzene rings is 2. The van der Waals surface area contributed by atoms with Crippen molar-refractivity contribution in [2.24, 2.45) is 0 Å². The van der Waals surface area contributed by atoms with E-state index in [2.05, 4.69) is 41.2 Å². The van der Waals surface area contributed by atoms with E-state index in [9.17, 15) is 14.4 Å². The number of aromatic nitrogens is 1. The van der Waals surface area contributed by atoms with Gasteiger partial charge in [0, 0.05) is 51.3 Å². The molecule has 1 aliphatic rings. The van der Waals surface area contributed by atoms with E-state index in [1.165, 1.54) is 10.5 Å². The van der Waals surface area contributed by atoms with E-state index in [0.717, 1.165) is 13.1 Å². The number of para-hydroxylation sites is 1. The summed E-state index contributed by atoms with van der Waals surface area (Å²) in [5.41, 5.74) is 2.53. The van der Waals surface area contributed by atoms with Crippen molar-refractivity contribution in [1.82, 2.24) is 14.8 Å². The van der Waals surface area contributed by atoms with Gasteiger partial charge >= 0.3 is 0 Å². The van der Waals surface area contributed by atoms with Crippen molar-refractivity contribution in [3.63, 3.8) is 0 Å². The minimum atomic E-state index is -0.302. The number of nitrogens with one attached hydrogen (secondary N) is 1. The number of nitrogens with zero attached hydrogens (tertiary/aromatic N) is 4. The lowest BCUT2D eigenvalue weighted by Gasteiger charge is -2.30. The average molecular weight is 514 g/mol. The molecule has 0 spiro atoms. The van der Waals surface area contributed by atoms with Crippen molar-refractivity contribution in [2.45, 2.75) is 46.2 Å². The van der Waals surface area contributed by atoms with Crippen LogP contribution in [-0.2, 0) is 16.1 Å². The molecule has 0 radical (unpaired) electrons. The smallest absolute Gasteiger partial charge is 0.257 e. The molecule has 1 N–H and O–H groups in total. The molecule has 8 nitrogen and oxygen atoms in total. The van der Waals surface area contributed by atoms with Crippen LogP contribution in [0.3, 0.4) is 0 Å². The number of hydrogen-bond acceptors (Lipinski definition) is 5. The molecule has 0 bridgehead atoms. The number of rotatable bonds is 10. The highest BCUT2D eigenvalue weighted by Gasteiger charge is 2.30. The molecule has 0 unspecified atom stereocenters. The maximum Gasteiger partial charge on any atom is 0.257 e. The van der Waals surface area contributed by atoms with Crippen molar-refractivity contribution in [3.8, 4) is 0 Å². The van der Waals surface area contributed by atoms with Crippen LogP contribution < -0.4 is 10.2 Å². The van der Waals surface area contributed by atoms with Gasteiger partial charge in [0.2, 0.25) is 11.8 Å². The number of carbonyl (C=O) groups excluding carboxylic acids is 3. The third-order valence-electron chi connectivity index (χ3n) is 6.79. The second-order valence-corrected chi connectivity index (χ2v) is 9.60. The summed E-state index contributed by atoms with van der Waals surface area (Å²) in [4.78, 5) is 49.5. The Morgan fingerprint density at radius 2 is 1.68 bits per heavy atom. The van der Waals surface area contributed by atoms with Crippen molar-refractivity contribution in [3.05, 3.63) is 84.1 Å². The number of hydrogen-bond donors (Lipinski definition) is 1. The summed E-state index contributed by atoms with van der Waals surface area (Å²) in [6.45, 7) is 8.98. The van der Waals surface area contributed by atoms with Gasteiger partial charge in [-0.25, -0.2) is 4.98 Å². The number of pyridine rings is 1.